The summed E-state index contributed by atoms with van der Waals surface area (Å²) in [6, 6.07) is 10.5. The zero-order chi connectivity index (χ0) is 13.9. The molecule has 102 valence electrons. The molecule has 0 spiro atoms. The van der Waals surface area contributed by atoms with E-state index in [1.807, 2.05) is 17.8 Å². The molecule has 0 N–H and O–H groups in total. The largest absolute Gasteiger partial charge is 0.229 e. The van der Waals surface area contributed by atoms with E-state index in [4.69, 9.17) is 0 Å². The van der Waals surface area contributed by atoms with Gasteiger partial charge in [-0.05, 0) is 11.5 Å². The van der Waals surface area contributed by atoms with Crippen LogP contribution in [0.15, 0.2) is 47.1 Å². The van der Waals surface area contributed by atoms with Crippen LogP contribution in [0, 0.1) is 5.92 Å². The maximum atomic E-state index is 4.50. The zero-order valence-corrected chi connectivity index (χ0v) is 13.2. The molecule has 2 heterocycles. The van der Waals surface area contributed by atoms with Crippen molar-refractivity contribution in [2.45, 2.75) is 18.9 Å². The summed E-state index contributed by atoms with van der Waals surface area (Å²) in [7, 11) is 0. The van der Waals surface area contributed by atoms with Gasteiger partial charge in [0.25, 0.3) is 0 Å². The number of hydrogen-bond acceptors (Lipinski definition) is 4. The van der Waals surface area contributed by atoms with Gasteiger partial charge in [-0.15, -0.1) is 23.1 Å². The van der Waals surface area contributed by atoms with Crippen LogP contribution in [-0.2, 0) is 0 Å². The van der Waals surface area contributed by atoms with Gasteiger partial charge < -0.3 is 0 Å². The van der Waals surface area contributed by atoms with E-state index in [1.54, 1.807) is 17.7 Å². The number of thiophene rings is 1. The van der Waals surface area contributed by atoms with Gasteiger partial charge in [0, 0.05) is 16.7 Å². The molecule has 0 radical (unpaired) electrons. The third-order valence-electron chi connectivity index (χ3n) is 2.97. The highest BCUT2D eigenvalue weighted by atomic mass is 32.2. The number of nitrogens with zero attached hydrogens (tertiary/aromatic N) is 2. The summed E-state index contributed by atoms with van der Waals surface area (Å²) in [5, 5.41) is 4.49. The van der Waals surface area contributed by atoms with Gasteiger partial charge in [-0.1, -0.05) is 44.2 Å². The average molecular weight is 300 g/mol. The van der Waals surface area contributed by atoms with Crippen molar-refractivity contribution in [3.63, 3.8) is 0 Å². The standard InChI is InChI=1S/C16H16N2S2/c1-11(2)8-19-15-14-13(12-6-4-3-5-7-12)9-20-16(14)18-10-17-15/h3-7,9-11H,8H2,1-2H3. The lowest BCUT2D eigenvalue weighted by atomic mass is 10.1. The highest BCUT2D eigenvalue weighted by Crippen LogP contribution is 2.37. The summed E-state index contributed by atoms with van der Waals surface area (Å²) in [4.78, 5) is 9.98. The maximum absolute atomic E-state index is 4.50. The predicted molar refractivity (Wildman–Crippen MR) is 88.4 cm³/mol. The lowest BCUT2D eigenvalue weighted by molar-refractivity contribution is 0.749. The fraction of sp³-hybridized carbons (Fsp3) is 0.250. The van der Waals surface area contributed by atoms with Crippen LogP contribution in [0.2, 0.25) is 0 Å². The molecular formula is C16H16N2S2. The normalized spacial score (nSPS) is 11.3. The number of thioether (sulfide) groups is 1. The van der Waals surface area contributed by atoms with Crippen molar-refractivity contribution in [1.29, 1.82) is 0 Å². The fourth-order valence-electron chi connectivity index (χ4n) is 2.03. The van der Waals surface area contributed by atoms with Gasteiger partial charge in [-0.25, -0.2) is 9.97 Å². The van der Waals surface area contributed by atoms with E-state index in [-0.39, 0.29) is 0 Å². The number of benzene rings is 1. The van der Waals surface area contributed by atoms with Gasteiger partial charge in [0.05, 0.1) is 5.39 Å². The predicted octanol–water partition coefficient (Wildman–Crippen LogP) is 5.11. The SMILES string of the molecule is CC(C)CSc1ncnc2scc(-c3ccccc3)c12. The first-order chi connectivity index (χ1) is 9.75. The molecule has 3 rings (SSSR count). The molecule has 0 bridgehead atoms. The first-order valence-corrected chi connectivity index (χ1v) is 8.52. The molecule has 0 atom stereocenters. The summed E-state index contributed by atoms with van der Waals surface area (Å²) < 4.78 is 0. The van der Waals surface area contributed by atoms with Crippen LogP contribution in [0.5, 0.6) is 0 Å². The van der Waals surface area contributed by atoms with Crippen molar-refractivity contribution in [2.75, 3.05) is 5.75 Å². The topological polar surface area (TPSA) is 25.8 Å². The van der Waals surface area contributed by atoms with Crippen LogP contribution in [0.1, 0.15) is 13.8 Å². The van der Waals surface area contributed by atoms with Gasteiger partial charge in [0.15, 0.2) is 0 Å². The van der Waals surface area contributed by atoms with Gasteiger partial charge in [0.2, 0.25) is 0 Å². The third kappa shape index (κ3) is 2.72. The Morgan fingerprint density at radius 3 is 2.70 bits per heavy atom. The minimum Gasteiger partial charge on any atom is -0.229 e. The summed E-state index contributed by atoms with van der Waals surface area (Å²) in [5.74, 6) is 1.74. The van der Waals surface area contributed by atoms with Crippen LogP contribution in [0.25, 0.3) is 21.3 Å². The number of rotatable bonds is 4. The monoisotopic (exact) mass is 300 g/mol. The van der Waals surface area contributed by atoms with E-state index in [0.717, 1.165) is 15.6 Å². The Kier molecular flexibility index (Phi) is 4.03. The van der Waals surface area contributed by atoms with E-state index in [1.165, 1.54) is 16.5 Å². The second kappa shape index (κ2) is 5.94. The smallest absolute Gasteiger partial charge is 0.128 e. The maximum Gasteiger partial charge on any atom is 0.128 e. The van der Waals surface area contributed by atoms with Crippen LogP contribution in [0.3, 0.4) is 0 Å². The molecule has 1 aromatic carbocycles. The van der Waals surface area contributed by atoms with Crippen LogP contribution in [-0.4, -0.2) is 15.7 Å². The van der Waals surface area contributed by atoms with Gasteiger partial charge in [-0.3, -0.25) is 0 Å². The summed E-state index contributed by atoms with van der Waals surface area (Å²) >= 11 is 3.52. The van der Waals surface area contributed by atoms with E-state index < -0.39 is 0 Å². The first-order valence-electron chi connectivity index (χ1n) is 6.66. The Balaban J connectivity index is 2.10. The van der Waals surface area contributed by atoms with Crippen LogP contribution in [0.4, 0.5) is 0 Å². The van der Waals surface area contributed by atoms with E-state index >= 15 is 0 Å². The van der Waals surface area contributed by atoms with Crippen molar-refractivity contribution in [3.05, 3.63) is 42.0 Å². The molecule has 3 aromatic rings. The number of aromatic nitrogens is 2. The van der Waals surface area contributed by atoms with Crippen molar-refractivity contribution < 1.29 is 0 Å². The van der Waals surface area contributed by atoms with Gasteiger partial charge in [0.1, 0.15) is 16.2 Å². The van der Waals surface area contributed by atoms with Gasteiger partial charge in [-0.2, -0.15) is 0 Å². The van der Waals surface area contributed by atoms with Crippen LogP contribution >= 0.6 is 23.1 Å². The van der Waals surface area contributed by atoms with E-state index in [9.17, 15) is 0 Å². The van der Waals surface area contributed by atoms with Crippen molar-refractivity contribution in [1.82, 2.24) is 9.97 Å². The molecule has 0 saturated heterocycles. The highest BCUT2D eigenvalue weighted by molar-refractivity contribution is 7.99. The zero-order valence-electron chi connectivity index (χ0n) is 11.5. The summed E-state index contributed by atoms with van der Waals surface area (Å²) in [6.45, 7) is 4.47. The second-order valence-electron chi connectivity index (χ2n) is 5.08. The molecule has 0 aliphatic carbocycles. The Hall–Kier alpha value is -1.39. The third-order valence-corrected chi connectivity index (χ3v) is 5.28. The molecule has 0 saturated carbocycles. The summed E-state index contributed by atoms with van der Waals surface area (Å²) in [6.07, 6.45) is 1.68. The summed E-state index contributed by atoms with van der Waals surface area (Å²) in [5.41, 5.74) is 2.48. The molecule has 0 amide bonds. The Morgan fingerprint density at radius 1 is 1.15 bits per heavy atom. The minimum absolute atomic E-state index is 0.656. The van der Waals surface area contributed by atoms with E-state index in [2.05, 4.69) is 53.5 Å². The molecule has 2 nitrogen and oxygen atoms in total. The minimum atomic E-state index is 0.656. The molecule has 0 fully saturated rings. The first kappa shape index (κ1) is 13.6. The van der Waals surface area contributed by atoms with Crippen LogP contribution < -0.4 is 0 Å². The Bertz CT molecular complexity index is 705. The quantitative estimate of drug-likeness (QED) is 0.495. The lowest BCUT2D eigenvalue weighted by Gasteiger charge is -2.06. The van der Waals surface area contributed by atoms with E-state index in [0.29, 0.717) is 5.92 Å². The second-order valence-corrected chi connectivity index (χ2v) is 6.95. The van der Waals surface area contributed by atoms with Gasteiger partial charge >= 0.3 is 0 Å². The fourth-order valence-corrected chi connectivity index (χ4v) is 3.98. The molecule has 2 aromatic heterocycles. The molecular weight excluding hydrogens is 284 g/mol. The number of fused-ring (bicyclic) bond motifs is 1. The molecule has 4 heteroatoms. The molecule has 0 unspecified atom stereocenters. The molecule has 0 aliphatic heterocycles. The molecule has 0 aliphatic rings. The number of hydrogen-bond donors (Lipinski definition) is 0. The Labute approximate surface area is 127 Å². The van der Waals surface area contributed by atoms with Crippen molar-refractivity contribution in [2.24, 2.45) is 5.92 Å². The molecule has 20 heavy (non-hydrogen) atoms. The highest BCUT2D eigenvalue weighted by Gasteiger charge is 2.13. The van der Waals surface area contributed by atoms with Crippen molar-refractivity contribution >= 4 is 33.3 Å². The Morgan fingerprint density at radius 2 is 1.95 bits per heavy atom. The van der Waals surface area contributed by atoms with Crippen molar-refractivity contribution in [3.8, 4) is 11.1 Å². The lowest BCUT2D eigenvalue weighted by Crippen LogP contribution is -1.93. The average Bonchev–Trinajstić information content (AvgIpc) is 2.90.